The topological polar surface area (TPSA) is 60.9 Å². The third-order valence-corrected chi connectivity index (χ3v) is 5.15. The quantitative estimate of drug-likeness (QED) is 0.770. The molecule has 1 heterocycles. The fourth-order valence-electron chi connectivity index (χ4n) is 3.48. The molecule has 1 aliphatic heterocycles. The summed E-state index contributed by atoms with van der Waals surface area (Å²) in [6, 6.07) is 9.06. The number of carbonyl (C=O) groups is 2. The maximum absolute atomic E-state index is 13.9. The highest BCUT2D eigenvalue weighted by molar-refractivity contribution is 5.94. The number of amides is 1. The first-order valence-corrected chi connectivity index (χ1v) is 9.23. The second kappa shape index (κ2) is 8.55. The van der Waals surface area contributed by atoms with Gasteiger partial charge in [-0.2, -0.15) is 0 Å². The molecule has 1 fully saturated rings. The van der Waals surface area contributed by atoms with Crippen molar-refractivity contribution in [2.75, 3.05) is 25.0 Å². The summed E-state index contributed by atoms with van der Waals surface area (Å²) in [5, 5.41) is 9.11. The number of anilines is 1. The third kappa shape index (κ3) is 4.52. The van der Waals surface area contributed by atoms with Gasteiger partial charge in [0.2, 0.25) is 0 Å². The van der Waals surface area contributed by atoms with E-state index in [0.29, 0.717) is 25.9 Å². The first kappa shape index (κ1) is 20.7. The van der Waals surface area contributed by atoms with Crippen molar-refractivity contribution in [1.29, 1.82) is 0 Å². The SMILES string of the molecule is CN(Cc1cccc(N2CCC(C(=O)O)CC2)c1)C(=O)c1ccc(F)c(F)c1F. The third-order valence-electron chi connectivity index (χ3n) is 5.15. The van der Waals surface area contributed by atoms with Gasteiger partial charge in [-0.1, -0.05) is 12.1 Å². The molecule has 2 aromatic carbocycles. The normalized spacial score (nSPS) is 14.7. The second-order valence-corrected chi connectivity index (χ2v) is 7.15. The molecule has 5 nitrogen and oxygen atoms in total. The fraction of sp³-hybridized carbons (Fsp3) is 0.333. The highest BCUT2D eigenvalue weighted by atomic mass is 19.2. The maximum Gasteiger partial charge on any atom is 0.306 e. The van der Waals surface area contributed by atoms with Crippen molar-refractivity contribution in [3.8, 4) is 0 Å². The molecule has 0 aromatic heterocycles. The van der Waals surface area contributed by atoms with E-state index in [2.05, 4.69) is 4.90 Å². The molecule has 154 valence electrons. The average molecular weight is 406 g/mol. The second-order valence-electron chi connectivity index (χ2n) is 7.15. The van der Waals surface area contributed by atoms with Crippen LogP contribution in [0.2, 0.25) is 0 Å². The highest BCUT2D eigenvalue weighted by Crippen LogP contribution is 2.25. The number of hydrogen-bond acceptors (Lipinski definition) is 3. The molecular weight excluding hydrogens is 385 g/mol. The highest BCUT2D eigenvalue weighted by Gasteiger charge is 2.25. The van der Waals surface area contributed by atoms with Crippen LogP contribution in [0, 0.1) is 23.4 Å². The summed E-state index contributed by atoms with van der Waals surface area (Å²) in [7, 11) is 1.45. The van der Waals surface area contributed by atoms with Crippen LogP contribution in [0.15, 0.2) is 36.4 Å². The van der Waals surface area contributed by atoms with Gasteiger partial charge in [0.15, 0.2) is 17.5 Å². The standard InChI is InChI=1S/C21H21F3N2O3/c1-25(20(27)16-5-6-17(22)19(24)18(16)23)12-13-3-2-4-15(11-13)26-9-7-14(8-10-26)21(28)29/h2-6,11,14H,7-10,12H2,1H3,(H,28,29). The first-order valence-electron chi connectivity index (χ1n) is 9.23. The van der Waals surface area contributed by atoms with E-state index < -0.39 is 34.9 Å². The Morgan fingerprint density at radius 1 is 1.10 bits per heavy atom. The summed E-state index contributed by atoms with van der Waals surface area (Å²) in [4.78, 5) is 26.9. The Morgan fingerprint density at radius 2 is 1.79 bits per heavy atom. The molecule has 0 unspecified atom stereocenters. The largest absolute Gasteiger partial charge is 0.481 e. The number of aliphatic carboxylic acids is 1. The Hall–Kier alpha value is -3.03. The lowest BCUT2D eigenvalue weighted by Gasteiger charge is -2.32. The molecule has 0 spiro atoms. The van der Waals surface area contributed by atoms with E-state index in [1.807, 2.05) is 18.2 Å². The van der Waals surface area contributed by atoms with Gasteiger partial charge < -0.3 is 14.9 Å². The Balaban J connectivity index is 1.69. The van der Waals surface area contributed by atoms with Gasteiger partial charge in [0.25, 0.3) is 5.91 Å². The molecule has 1 aliphatic rings. The lowest BCUT2D eigenvalue weighted by molar-refractivity contribution is -0.142. The Kier molecular flexibility index (Phi) is 6.10. The van der Waals surface area contributed by atoms with Gasteiger partial charge >= 0.3 is 5.97 Å². The van der Waals surface area contributed by atoms with Crippen LogP contribution in [0.3, 0.4) is 0 Å². The van der Waals surface area contributed by atoms with Crippen LogP contribution in [-0.4, -0.2) is 42.0 Å². The summed E-state index contributed by atoms with van der Waals surface area (Å²) in [5.74, 6) is -6.38. The monoisotopic (exact) mass is 406 g/mol. The van der Waals surface area contributed by atoms with Crippen molar-refractivity contribution < 1.29 is 27.9 Å². The average Bonchev–Trinajstić information content (AvgIpc) is 2.72. The molecule has 1 saturated heterocycles. The lowest BCUT2D eigenvalue weighted by Crippen LogP contribution is -2.36. The molecule has 3 rings (SSSR count). The van der Waals surface area contributed by atoms with Crippen LogP contribution in [0.1, 0.15) is 28.8 Å². The van der Waals surface area contributed by atoms with Crippen molar-refractivity contribution in [3.05, 3.63) is 65.0 Å². The van der Waals surface area contributed by atoms with Crippen LogP contribution in [-0.2, 0) is 11.3 Å². The van der Waals surface area contributed by atoms with E-state index in [0.717, 1.165) is 23.4 Å². The molecule has 0 bridgehead atoms. The minimum Gasteiger partial charge on any atom is -0.481 e. The zero-order valence-electron chi connectivity index (χ0n) is 15.9. The maximum atomic E-state index is 13.9. The van der Waals surface area contributed by atoms with E-state index in [1.165, 1.54) is 11.9 Å². The molecule has 29 heavy (non-hydrogen) atoms. The fourth-order valence-corrected chi connectivity index (χ4v) is 3.48. The predicted octanol–water partition coefficient (Wildman–Crippen LogP) is 3.68. The number of carboxylic acid groups (broad SMARTS) is 1. The Labute approximate surface area is 166 Å². The Morgan fingerprint density at radius 3 is 2.45 bits per heavy atom. The van der Waals surface area contributed by atoms with Gasteiger partial charge in [0.05, 0.1) is 11.5 Å². The van der Waals surface area contributed by atoms with Crippen LogP contribution in [0.4, 0.5) is 18.9 Å². The molecular formula is C21H21F3N2O3. The van der Waals surface area contributed by atoms with E-state index in [1.54, 1.807) is 6.07 Å². The summed E-state index contributed by atoms with van der Waals surface area (Å²) >= 11 is 0. The smallest absolute Gasteiger partial charge is 0.306 e. The number of carboxylic acids is 1. The van der Waals surface area contributed by atoms with Gasteiger partial charge in [0.1, 0.15) is 0 Å². The van der Waals surface area contributed by atoms with Crippen molar-refractivity contribution in [2.24, 2.45) is 5.92 Å². The number of piperidine rings is 1. The van der Waals surface area contributed by atoms with E-state index in [9.17, 15) is 22.8 Å². The molecule has 2 aromatic rings. The summed E-state index contributed by atoms with van der Waals surface area (Å²) in [6.45, 7) is 1.39. The van der Waals surface area contributed by atoms with Gasteiger partial charge in [-0.25, -0.2) is 13.2 Å². The van der Waals surface area contributed by atoms with Crippen LogP contribution in [0.5, 0.6) is 0 Å². The molecule has 0 radical (unpaired) electrons. The minimum absolute atomic E-state index is 0.150. The lowest BCUT2D eigenvalue weighted by atomic mass is 9.96. The zero-order valence-corrected chi connectivity index (χ0v) is 15.9. The van der Waals surface area contributed by atoms with Crippen LogP contribution >= 0.6 is 0 Å². The number of halogens is 3. The van der Waals surface area contributed by atoms with Crippen molar-refractivity contribution in [1.82, 2.24) is 4.90 Å². The van der Waals surface area contributed by atoms with Crippen molar-refractivity contribution in [3.63, 3.8) is 0 Å². The summed E-state index contributed by atoms with van der Waals surface area (Å²) in [5.41, 5.74) is 1.16. The number of hydrogen-bond donors (Lipinski definition) is 1. The summed E-state index contributed by atoms with van der Waals surface area (Å²) < 4.78 is 40.4. The summed E-state index contributed by atoms with van der Waals surface area (Å²) in [6.07, 6.45) is 1.13. The number of benzene rings is 2. The molecule has 0 aliphatic carbocycles. The number of rotatable bonds is 5. The minimum atomic E-state index is -1.67. The predicted molar refractivity (Wildman–Crippen MR) is 101 cm³/mol. The van der Waals surface area contributed by atoms with Crippen molar-refractivity contribution in [2.45, 2.75) is 19.4 Å². The van der Waals surface area contributed by atoms with E-state index >= 15 is 0 Å². The van der Waals surface area contributed by atoms with Crippen LogP contribution in [0.25, 0.3) is 0 Å². The van der Waals surface area contributed by atoms with Gasteiger partial charge in [-0.05, 0) is 42.7 Å². The molecule has 1 amide bonds. The molecule has 0 atom stereocenters. The number of carbonyl (C=O) groups excluding carboxylic acids is 1. The van der Waals surface area contributed by atoms with E-state index in [-0.39, 0.29) is 12.5 Å². The molecule has 8 heteroatoms. The van der Waals surface area contributed by atoms with Crippen LogP contribution < -0.4 is 4.90 Å². The molecule has 1 N–H and O–H groups in total. The Bertz CT molecular complexity index is 927. The van der Waals surface area contributed by atoms with Gasteiger partial charge in [-0.3, -0.25) is 9.59 Å². The van der Waals surface area contributed by atoms with Gasteiger partial charge in [0, 0.05) is 32.4 Å². The van der Waals surface area contributed by atoms with Gasteiger partial charge in [-0.15, -0.1) is 0 Å². The van der Waals surface area contributed by atoms with E-state index in [4.69, 9.17) is 5.11 Å². The first-order chi connectivity index (χ1) is 13.8. The zero-order chi connectivity index (χ0) is 21.1. The molecule has 0 saturated carbocycles. The van der Waals surface area contributed by atoms with Crippen molar-refractivity contribution >= 4 is 17.6 Å². The number of nitrogens with zero attached hydrogens (tertiary/aromatic N) is 2.